The van der Waals surface area contributed by atoms with Crippen LogP contribution in [-0.4, -0.2) is 20.7 Å². The molecule has 0 spiro atoms. The molecule has 0 heterocycles. The molecule has 0 rings (SSSR count). The normalized spacial score (nSPS) is 7.12. The average molecular weight is 149 g/mol. The van der Waals surface area contributed by atoms with Crippen LogP contribution in [0.15, 0.2) is 5.10 Å². The van der Waals surface area contributed by atoms with E-state index in [9.17, 15) is 0 Å². The van der Waals surface area contributed by atoms with Gasteiger partial charge in [0.25, 0.3) is 0 Å². The third-order valence-electron chi connectivity index (χ3n) is 0.333. The largest absolute Gasteiger partial charge is 0.373 e. The van der Waals surface area contributed by atoms with E-state index in [0.29, 0.717) is 0 Å². The van der Waals surface area contributed by atoms with Crippen molar-refractivity contribution >= 4 is 34.7 Å². The number of hydrogen-bond acceptors (Lipinski definition) is 4. The predicted molar refractivity (Wildman–Crippen MR) is 35.4 cm³/mol. The molecule has 4 nitrogen and oxygen atoms in total. The summed E-state index contributed by atoms with van der Waals surface area (Å²) in [5, 5.41) is 13.3. The van der Waals surface area contributed by atoms with Gasteiger partial charge >= 0.3 is 0 Å². The van der Waals surface area contributed by atoms with Crippen molar-refractivity contribution in [2.45, 2.75) is 0 Å². The Labute approximate surface area is 56.5 Å². The summed E-state index contributed by atoms with van der Waals surface area (Å²) in [5.41, 5.74) is 4.85. The first kappa shape index (κ1) is 7.45. The minimum atomic E-state index is -0.262. The molecule has 3 N–H and O–H groups in total. The Balaban J connectivity index is 3.82. The SMILES string of the molecule is NC(=S)N(O)N=C=S. The molecule has 0 aromatic carbocycles. The van der Waals surface area contributed by atoms with Crippen molar-refractivity contribution in [3.05, 3.63) is 0 Å². The predicted octanol–water partition coefficient (Wildman–Crippen LogP) is -0.0610. The van der Waals surface area contributed by atoms with Crippen molar-refractivity contribution in [1.29, 1.82) is 0 Å². The number of nitrogens with two attached hydrogens (primary N) is 1. The molecule has 0 aromatic rings. The van der Waals surface area contributed by atoms with Crippen LogP contribution >= 0.6 is 24.4 Å². The summed E-state index contributed by atoms with van der Waals surface area (Å²) >= 11 is 8.37. The van der Waals surface area contributed by atoms with Crippen LogP contribution in [0.4, 0.5) is 0 Å². The molecule has 44 valence electrons. The first-order valence-electron chi connectivity index (χ1n) is 1.54. The van der Waals surface area contributed by atoms with Crippen molar-refractivity contribution in [2.24, 2.45) is 10.8 Å². The lowest BCUT2D eigenvalue weighted by atomic mass is 11.2. The van der Waals surface area contributed by atoms with Gasteiger partial charge in [0.2, 0.25) is 5.11 Å². The topological polar surface area (TPSA) is 61.8 Å². The van der Waals surface area contributed by atoms with E-state index in [2.05, 4.69) is 29.5 Å². The van der Waals surface area contributed by atoms with Gasteiger partial charge in [-0.1, -0.05) is 5.10 Å². The number of thiocarbonyl (C=S) groups is 2. The van der Waals surface area contributed by atoms with Gasteiger partial charge in [-0.3, -0.25) is 5.21 Å². The van der Waals surface area contributed by atoms with Crippen LogP contribution in [0.2, 0.25) is 0 Å². The minimum Gasteiger partial charge on any atom is -0.373 e. The van der Waals surface area contributed by atoms with Crippen LogP contribution in [0, 0.1) is 0 Å². The molecule has 0 bridgehead atoms. The molecule has 0 saturated carbocycles. The van der Waals surface area contributed by atoms with Crippen LogP contribution in [0.1, 0.15) is 0 Å². The number of hydroxylamine groups is 1. The van der Waals surface area contributed by atoms with Gasteiger partial charge in [0.05, 0.1) is 5.16 Å². The Bertz CT molecular complexity index is 138. The Morgan fingerprint density at radius 1 is 1.88 bits per heavy atom. The molecule has 0 radical (unpaired) electrons. The second-order valence-electron chi connectivity index (χ2n) is 0.819. The van der Waals surface area contributed by atoms with E-state index in [1.807, 2.05) is 5.16 Å². The van der Waals surface area contributed by atoms with Gasteiger partial charge in [0, 0.05) is 0 Å². The number of hydrogen-bond donors (Lipinski definition) is 2. The Morgan fingerprint density at radius 3 is 2.50 bits per heavy atom. The minimum absolute atomic E-state index is 0.262. The van der Waals surface area contributed by atoms with E-state index in [4.69, 9.17) is 10.9 Å². The van der Waals surface area contributed by atoms with Crippen molar-refractivity contribution in [1.82, 2.24) is 5.17 Å². The quantitative estimate of drug-likeness (QED) is 0.310. The molecule has 0 aromatic heterocycles. The highest BCUT2D eigenvalue weighted by molar-refractivity contribution is 7.80. The lowest BCUT2D eigenvalue weighted by molar-refractivity contribution is -0.00938. The van der Waals surface area contributed by atoms with E-state index in [0.717, 1.165) is 0 Å². The molecule has 0 atom stereocenters. The van der Waals surface area contributed by atoms with E-state index < -0.39 is 0 Å². The summed E-state index contributed by atoms with van der Waals surface area (Å²) < 4.78 is 0. The molecule has 0 aliphatic carbocycles. The van der Waals surface area contributed by atoms with Gasteiger partial charge < -0.3 is 5.73 Å². The van der Waals surface area contributed by atoms with Crippen molar-refractivity contribution < 1.29 is 5.21 Å². The summed E-state index contributed by atoms with van der Waals surface area (Å²) in [5.74, 6) is 0. The van der Waals surface area contributed by atoms with Gasteiger partial charge in [-0.25, -0.2) is 0 Å². The first-order valence-corrected chi connectivity index (χ1v) is 2.36. The van der Waals surface area contributed by atoms with Crippen molar-refractivity contribution in [3.63, 3.8) is 0 Å². The average Bonchev–Trinajstić information content (AvgIpc) is 1.67. The highest BCUT2D eigenvalue weighted by Crippen LogP contribution is 1.77. The molecule has 0 aliphatic rings. The van der Waals surface area contributed by atoms with Crippen LogP contribution in [0.25, 0.3) is 0 Å². The summed E-state index contributed by atoms with van der Waals surface area (Å²) in [7, 11) is 0. The van der Waals surface area contributed by atoms with Gasteiger partial charge in [-0.05, 0) is 24.4 Å². The summed E-state index contributed by atoms with van der Waals surface area (Å²) in [6.45, 7) is 0. The highest BCUT2D eigenvalue weighted by Gasteiger charge is 1.93. The lowest BCUT2D eigenvalue weighted by Gasteiger charge is -2.01. The standard InChI is InChI=1S/C2H3N3OS2/c3-2(8)5(6)4-1-7/h6H,(H2,3,8). The van der Waals surface area contributed by atoms with Crippen molar-refractivity contribution in [3.8, 4) is 0 Å². The molecule has 0 amide bonds. The second kappa shape index (κ2) is 3.45. The Kier molecular flexibility index (Phi) is 3.21. The maximum Gasteiger partial charge on any atom is 0.216 e. The third kappa shape index (κ3) is 2.59. The van der Waals surface area contributed by atoms with Crippen molar-refractivity contribution in [2.75, 3.05) is 0 Å². The monoisotopic (exact) mass is 149 g/mol. The maximum absolute atomic E-state index is 8.40. The zero-order chi connectivity index (χ0) is 6.57. The fraction of sp³-hybridized carbons (Fsp3) is 0. The Morgan fingerprint density at radius 2 is 2.38 bits per heavy atom. The number of hydrazone groups is 1. The molecule has 6 heteroatoms. The molecule has 8 heavy (non-hydrogen) atoms. The second-order valence-corrected chi connectivity index (χ2v) is 1.42. The first-order chi connectivity index (χ1) is 3.68. The fourth-order valence-corrected chi connectivity index (χ4v) is 0.206. The number of isothiocyanates is 1. The van der Waals surface area contributed by atoms with E-state index >= 15 is 0 Å². The van der Waals surface area contributed by atoms with E-state index in [-0.39, 0.29) is 10.3 Å². The number of nitrogens with zero attached hydrogens (tertiary/aromatic N) is 2. The van der Waals surface area contributed by atoms with Gasteiger partial charge in [0.15, 0.2) is 0 Å². The van der Waals surface area contributed by atoms with Gasteiger partial charge in [0.1, 0.15) is 0 Å². The molecule has 0 unspecified atom stereocenters. The lowest BCUT2D eigenvalue weighted by Crippen LogP contribution is -2.27. The van der Waals surface area contributed by atoms with E-state index in [1.165, 1.54) is 0 Å². The van der Waals surface area contributed by atoms with Gasteiger partial charge in [-0.15, -0.1) is 5.17 Å². The van der Waals surface area contributed by atoms with E-state index in [1.54, 1.807) is 0 Å². The molecular weight excluding hydrogens is 146 g/mol. The summed E-state index contributed by atoms with van der Waals surface area (Å²) in [4.78, 5) is 0. The maximum atomic E-state index is 8.40. The highest BCUT2D eigenvalue weighted by atomic mass is 32.1. The molecular formula is C2H3N3OS2. The Hall–Kier alpha value is -0.550. The number of rotatable bonds is 1. The smallest absolute Gasteiger partial charge is 0.216 e. The summed E-state index contributed by atoms with van der Waals surface area (Å²) in [6.07, 6.45) is 0. The van der Waals surface area contributed by atoms with Gasteiger partial charge in [-0.2, -0.15) is 0 Å². The van der Waals surface area contributed by atoms with Crippen LogP contribution in [0.5, 0.6) is 0 Å². The van der Waals surface area contributed by atoms with Crippen LogP contribution in [-0.2, 0) is 0 Å². The summed E-state index contributed by atoms with van der Waals surface area (Å²) in [6, 6.07) is 0. The molecule has 0 fully saturated rings. The molecule has 0 aliphatic heterocycles. The van der Waals surface area contributed by atoms with Crippen LogP contribution < -0.4 is 5.73 Å². The molecule has 0 saturated heterocycles. The fourth-order valence-electron chi connectivity index (χ4n) is 0.0879. The zero-order valence-electron chi connectivity index (χ0n) is 3.74. The van der Waals surface area contributed by atoms with Crippen LogP contribution in [0.3, 0.4) is 0 Å². The zero-order valence-corrected chi connectivity index (χ0v) is 5.37. The third-order valence-corrected chi connectivity index (χ3v) is 0.578.